The zero-order chi connectivity index (χ0) is 21.6. The molecule has 0 unspecified atom stereocenters. The van der Waals surface area contributed by atoms with Crippen molar-refractivity contribution in [2.24, 2.45) is 4.99 Å². The smallest absolute Gasteiger partial charge is 0.457 e. The molecule has 0 saturated heterocycles. The van der Waals surface area contributed by atoms with Gasteiger partial charge in [-0.25, -0.2) is 9.79 Å². The fourth-order valence-electron chi connectivity index (χ4n) is 2.22. The average molecular weight is 429 g/mol. The van der Waals surface area contributed by atoms with Gasteiger partial charge < -0.3 is 14.4 Å². The number of nitrogens with zero attached hydrogens (tertiary/aromatic N) is 2. The standard InChI is InChI=1S/C20H20ClF3N2O3/c1-4-26(3)12-25-18-10-17(21)16(9-13(18)2)19(27)28-11-14-5-7-15(8-6-14)29-20(22,23)24/h5-10,12H,4,11H2,1-3H3/b25-12+. The van der Waals surface area contributed by atoms with Crippen molar-refractivity contribution in [1.82, 2.24) is 4.90 Å². The highest BCUT2D eigenvalue weighted by Gasteiger charge is 2.30. The van der Waals surface area contributed by atoms with Gasteiger partial charge in [-0.15, -0.1) is 13.2 Å². The van der Waals surface area contributed by atoms with Crippen LogP contribution in [0.4, 0.5) is 18.9 Å². The first-order valence-corrected chi connectivity index (χ1v) is 9.03. The number of ether oxygens (including phenoxy) is 2. The minimum absolute atomic E-state index is 0.123. The van der Waals surface area contributed by atoms with Crippen molar-refractivity contribution in [3.05, 3.63) is 58.1 Å². The number of aryl methyl sites for hydroxylation is 1. The van der Waals surface area contributed by atoms with Crippen molar-refractivity contribution in [1.29, 1.82) is 0 Å². The molecule has 0 aliphatic rings. The lowest BCUT2D eigenvalue weighted by atomic mass is 10.1. The molecule has 2 aromatic rings. The number of aliphatic imine (C=N–C) groups is 1. The van der Waals surface area contributed by atoms with Crippen LogP contribution in [0, 0.1) is 6.92 Å². The highest BCUT2D eigenvalue weighted by atomic mass is 35.5. The van der Waals surface area contributed by atoms with E-state index in [0.717, 1.165) is 24.2 Å². The summed E-state index contributed by atoms with van der Waals surface area (Å²) < 4.78 is 45.5. The van der Waals surface area contributed by atoms with Gasteiger partial charge in [0.15, 0.2) is 0 Å². The van der Waals surface area contributed by atoms with Gasteiger partial charge in [0.2, 0.25) is 0 Å². The lowest BCUT2D eigenvalue weighted by molar-refractivity contribution is -0.274. The second-order valence-electron chi connectivity index (χ2n) is 6.20. The summed E-state index contributed by atoms with van der Waals surface area (Å²) in [5.74, 6) is -0.994. The Morgan fingerprint density at radius 3 is 2.48 bits per heavy atom. The summed E-state index contributed by atoms with van der Waals surface area (Å²) in [6, 6.07) is 8.22. The maximum Gasteiger partial charge on any atom is 0.573 e. The van der Waals surface area contributed by atoms with E-state index in [1.807, 2.05) is 18.9 Å². The van der Waals surface area contributed by atoms with E-state index in [0.29, 0.717) is 11.3 Å². The Balaban J connectivity index is 2.03. The Hall–Kier alpha value is -2.74. The summed E-state index contributed by atoms with van der Waals surface area (Å²) in [4.78, 5) is 18.6. The molecular formula is C20H20ClF3N2O3. The summed E-state index contributed by atoms with van der Waals surface area (Å²) >= 11 is 6.20. The van der Waals surface area contributed by atoms with E-state index in [-0.39, 0.29) is 22.9 Å². The van der Waals surface area contributed by atoms with Gasteiger partial charge in [-0.3, -0.25) is 0 Å². The number of esters is 1. The SMILES string of the molecule is CCN(C)/C=N/c1cc(Cl)c(C(=O)OCc2ccc(OC(F)(F)F)cc2)cc1C. The molecule has 0 atom stereocenters. The normalized spacial score (nSPS) is 11.6. The summed E-state index contributed by atoms with van der Waals surface area (Å²) in [6.45, 7) is 4.46. The first kappa shape index (κ1) is 22.5. The quantitative estimate of drug-likeness (QED) is 0.331. The van der Waals surface area contributed by atoms with Crippen LogP contribution in [0.15, 0.2) is 41.4 Å². The lowest BCUT2D eigenvalue weighted by Crippen LogP contribution is -2.17. The predicted molar refractivity (Wildman–Crippen MR) is 105 cm³/mol. The van der Waals surface area contributed by atoms with E-state index in [1.165, 1.54) is 12.1 Å². The number of hydrogen-bond acceptors (Lipinski definition) is 4. The van der Waals surface area contributed by atoms with E-state index in [9.17, 15) is 18.0 Å². The largest absolute Gasteiger partial charge is 0.573 e. The van der Waals surface area contributed by atoms with E-state index >= 15 is 0 Å². The molecule has 0 heterocycles. The van der Waals surface area contributed by atoms with E-state index < -0.39 is 12.3 Å². The highest BCUT2D eigenvalue weighted by molar-refractivity contribution is 6.33. The molecule has 0 aromatic heterocycles. The molecule has 0 aliphatic carbocycles. The minimum Gasteiger partial charge on any atom is -0.457 e. The molecule has 0 amide bonds. The number of carbonyl (C=O) groups is 1. The average Bonchev–Trinajstić information content (AvgIpc) is 2.66. The molecule has 5 nitrogen and oxygen atoms in total. The molecule has 0 saturated carbocycles. The highest BCUT2D eigenvalue weighted by Crippen LogP contribution is 2.28. The van der Waals surface area contributed by atoms with Crippen LogP contribution in [-0.4, -0.2) is 37.2 Å². The van der Waals surface area contributed by atoms with Crippen LogP contribution in [0.3, 0.4) is 0 Å². The van der Waals surface area contributed by atoms with Crippen LogP contribution < -0.4 is 4.74 Å². The first-order valence-electron chi connectivity index (χ1n) is 8.65. The third kappa shape index (κ3) is 6.98. The predicted octanol–water partition coefficient (Wildman–Crippen LogP) is 5.52. The van der Waals surface area contributed by atoms with Crippen molar-refractivity contribution in [3.8, 4) is 5.75 Å². The molecule has 156 valence electrons. The van der Waals surface area contributed by atoms with Crippen LogP contribution in [0.5, 0.6) is 5.75 Å². The molecule has 29 heavy (non-hydrogen) atoms. The van der Waals surface area contributed by atoms with Gasteiger partial charge in [-0.1, -0.05) is 23.7 Å². The first-order chi connectivity index (χ1) is 13.6. The molecule has 0 aliphatic heterocycles. The second kappa shape index (κ2) is 9.65. The van der Waals surface area contributed by atoms with Crippen molar-refractivity contribution in [3.63, 3.8) is 0 Å². The zero-order valence-electron chi connectivity index (χ0n) is 16.1. The van der Waals surface area contributed by atoms with Crippen LogP contribution in [0.25, 0.3) is 0 Å². The van der Waals surface area contributed by atoms with Gasteiger partial charge in [-0.2, -0.15) is 0 Å². The van der Waals surface area contributed by atoms with Crippen molar-refractivity contribution in [2.75, 3.05) is 13.6 Å². The number of halogens is 4. The fourth-order valence-corrected chi connectivity index (χ4v) is 2.46. The minimum atomic E-state index is -4.76. The second-order valence-corrected chi connectivity index (χ2v) is 6.61. The molecule has 9 heteroatoms. The van der Waals surface area contributed by atoms with E-state index in [2.05, 4.69) is 9.73 Å². The lowest BCUT2D eigenvalue weighted by Gasteiger charge is -2.11. The van der Waals surface area contributed by atoms with E-state index in [4.69, 9.17) is 16.3 Å². The molecule has 0 spiro atoms. The Labute approximate surface area is 171 Å². The Bertz CT molecular complexity index is 884. The van der Waals surface area contributed by atoms with Crippen LogP contribution >= 0.6 is 11.6 Å². The molecule has 0 N–H and O–H groups in total. The van der Waals surface area contributed by atoms with Crippen LogP contribution in [-0.2, 0) is 11.3 Å². The molecular weight excluding hydrogens is 409 g/mol. The number of hydrogen-bond donors (Lipinski definition) is 0. The third-order valence-electron chi connectivity index (χ3n) is 3.93. The summed E-state index contributed by atoms with van der Waals surface area (Å²) in [7, 11) is 1.88. The van der Waals surface area contributed by atoms with Crippen LogP contribution in [0.2, 0.25) is 5.02 Å². The van der Waals surface area contributed by atoms with Gasteiger partial charge in [0.05, 0.1) is 22.6 Å². The fraction of sp³-hybridized carbons (Fsp3) is 0.300. The van der Waals surface area contributed by atoms with Gasteiger partial charge in [-0.05, 0) is 49.2 Å². The number of carbonyl (C=O) groups excluding carboxylic acids is 1. The Kier molecular flexibility index (Phi) is 7.50. The maximum absolute atomic E-state index is 12.3. The monoisotopic (exact) mass is 428 g/mol. The molecule has 2 aromatic carbocycles. The molecule has 0 radical (unpaired) electrons. The van der Waals surface area contributed by atoms with Gasteiger partial charge >= 0.3 is 12.3 Å². The van der Waals surface area contributed by atoms with Gasteiger partial charge in [0.1, 0.15) is 12.4 Å². The summed E-state index contributed by atoms with van der Waals surface area (Å²) in [5, 5.41) is 0.195. The number of alkyl halides is 3. The number of benzene rings is 2. The maximum atomic E-state index is 12.3. The molecule has 0 fully saturated rings. The van der Waals surface area contributed by atoms with E-state index in [1.54, 1.807) is 25.4 Å². The summed E-state index contributed by atoms with van der Waals surface area (Å²) in [5.41, 5.74) is 2.07. The van der Waals surface area contributed by atoms with Gasteiger partial charge in [0, 0.05) is 13.6 Å². The molecule has 0 bridgehead atoms. The topological polar surface area (TPSA) is 51.1 Å². The zero-order valence-corrected chi connectivity index (χ0v) is 16.8. The summed E-state index contributed by atoms with van der Waals surface area (Å²) in [6.07, 6.45) is -3.09. The Morgan fingerprint density at radius 2 is 1.90 bits per heavy atom. The third-order valence-corrected chi connectivity index (χ3v) is 4.24. The van der Waals surface area contributed by atoms with Crippen molar-refractivity contribution < 1.29 is 27.4 Å². The van der Waals surface area contributed by atoms with Crippen LogP contribution in [0.1, 0.15) is 28.4 Å². The number of rotatable bonds is 7. The Morgan fingerprint density at radius 1 is 1.24 bits per heavy atom. The van der Waals surface area contributed by atoms with Crippen molar-refractivity contribution >= 4 is 29.6 Å². The molecule has 2 rings (SSSR count). The van der Waals surface area contributed by atoms with Gasteiger partial charge in [0.25, 0.3) is 0 Å². The van der Waals surface area contributed by atoms with Crippen molar-refractivity contribution in [2.45, 2.75) is 26.8 Å².